The van der Waals surface area contributed by atoms with Gasteiger partial charge in [-0.2, -0.15) is 0 Å². The molecule has 1 saturated heterocycles. The third kappa shape index (κ3) is 4.55. The Labute approximate surface area is 255 Å². The lowest BCUT2D eigenvalue weighted by Crippen LogP contribution is -2.32. The number of para-hydroxylation sites is 1. The van der Waals surface area contributed by atoms with Crippen LogP contribution < -0.4 is 4.90 Å². The van der Waals surface area contributed by atoms with E-state index in [-0.39, 0.29) is 41.3 Å². The van der Waals surface area contributed by atoms with E-state index in [9.17, 15) is 19.2 Å². The van der Waals surface area contributed by atoms with Gasteiger partial charge in [0.1, 0.15) is 0 Å². The highest BCUT2D eigenvalue weighted by molar-refractivity contribution is 6.23. The van der Waals surface area contributed by atoms with Crippen LogP contribution in [-0.2, 0) is 14.3 Å². The van der Waals surface area contributed by atoms with Crippen LogP contribution >= 0.6 is 0 Å². The molecule has 7 heteroatoms. The Balaban J connectivity index is 1.18. The number of hydrogen-bond donors (Lipinski definition) is 0. The molecule has 1 aromatic heterocycles. The third-order valence-electron chi connectivity index (χ3n) is 9.39. The van der Waals surface area contributed by atoms with Crippen molar-refractivity contribution in [2.45, 2.75) is 39.2 Å². The highest BCUT2D eigenvalue weighted by Crippen LogP contribution is 2.56. The van der Waals surface area contributed by atoms with Gasteiger partial charge in [0.15, 0.2) is 6.10 Å². The number of amides is 2. The van der Waals surface area contributed by atoms with Crippen LogP contribution in [0.25, 0.3) is 22.2 Å². The first-order valence-corrected chi connectivity index (χ1v) is 15.2. The first kappa shape index (κ1) is 27.9. The molecule has 1 aliphatic heterocycles. The number of rotatable bonds is 8. The van der Waals surface area contributed by atoms with Crippen LogP contribution in [0.15, 0.2) is 96.6 Å². The molecule has 0 N–H and O–H groups in total. The van der Waals surface area contributed by atoms with Gasteiger partial charge in [-0.3, -0.25) is 19.3 Å². The predicted molar refractivity (Wildman–Crippen MR) is 167 cm³/mol. The number of ketones is 1. The molecule has 2 bridgehead atoms. The predicted octanol–water partition coefficient (Wildman–Crippen LogP) is 6.81. The quantitative estimate of drug-likeness (QED) is 0.0978. The molecule has 3 aromatic carbocycles. The fourth-order valence-electron chi connectivity index (χ4n) is 7.29. The molecule has 2 amide bonds. The summed E-state index contributed by atoms with van der Waals surface area (Å²) in [7, 11) is 0. The molecular formula is C37H32N2O5. The molecule has 1 saturated carbocycles. The molecule has 7 nitrogen and oxygen atoms in total. The average Bonchev–Trinajstić information content (AvgIpc) is 3.69. The van der Waals surface area contributed by atoms with Crippen LogP contribution in [-0.4, -0.2) is 34.7 Å². The molecule has 2 fully saturated rings. The van der Waals surface area contributed by atoms with E-state index in [1.54, 1.807) is 42.5 Å². The zero-order chi connectivity index (χ0) is 30.5. The number of aromatic nitrogens is 1. The average molecular weight is 585 g/mol. The van der Waals surface area contributed by atoms with Crippen molar-refractivity contribution >= 4 is 40.2 Å². The lowest BCUT2D eigenvalue weighted by atomic mass is 9.82. The van der Waals surface area contributed by atoms with Crippen LogP contribution in [0.5, 0.6) is 0 Å². The number of pyridine rings is 1. The Kier molecular flexibility index (Phi) is 6.96. The maximum absolute atomic E-state index is 13.7. The smallest absolute Gasteiger partial charge is 0.339 e. The number of ether oxygens (including phenoxy) is 1. The molecule has 4 aromatic rings. The first-order valence-electron chi connectivity index (χ1n) is 15.2. The molecule has 2 heterocycles. The Hall–Kier alpha value is -4.91. The van der Waals surface area contributed by atoms with Crippen molar-refractivity contribution in [2.75, 3.05) is 4.90 Å². The zero-order valence-electron chi connectivity index (χ0n) is 24.6. The molecule has 7 rings (SSSR count). The number of anilines is 1. The fraction of sp³-hybridized carbons (Fsp3) is 0.270. The molecule has 0 spiro atoms. The monoisotopic (exact) mass is 584 g/mol. The standard InChI is InChI=1S/C37H32N2O5/c1-3-9-31(34(40)23-10-5-4-6-11-23)44-37(43)28-20-30(38-29-13-8-7-12-26(28)29)22-14-16-25(17-15-22)39-35(41)32-24-18-21(2)27(19-24)33(32)36(39)42/h4-8,10-18,20,24,27,31-33H,3,9,19H2,1-2H3. The van der Waals surface area contributed by atoms with E-state index in [1.807, 2.05) is 49.4 Å². The molecule has 5 atom stereocenters. The fourth-order valence-corrected chi connectivity index (χ4v) is 7.29. The van der Waals surface area contributed by atoms with Crippen molar-refractivity contribution in [3.8, 4) is 11.3 Å². The van der Waals surface area contributed by atoms with Crippen LogP contribution in [0.3, 0.4) is 0 Å². The van der Waals surface area contributed by atoms with E-state index in [0.717, 1.165) is 12.0 Å². The van der Waals surface area contributed by atoms with E-state index >= 15 is 0 Å². The highest BCUT2D eigenvalue weighted by Gasteiger charge is 2.60. The van der Waals surface area contributed by atoms with Gasteiger partial charge in [-0.25, -0.2) is 9.78 Å². The summed E-state index contributed by atoms with van der Waals surface area (Å²) < 4.78 is 5.87. The van der Waals surface area contributed by atoms with Crippen LogP contribution in [0.2, 0.25) is 0 Å². The molecule has 0 radical (unpaired) electrons. The Morgan fingerprint density at radius 2 is 1.64 bits per heavy atom. The van der Waals surface area contributed by atoms with E-state index in [1.165, 1.54) is 10.5 Å². The number of fused-ring (bicyclic) bond motifs is 6. The van der Waals surface area contributed by atoms with Crippen LogP contribution in [0.1, 0.15) is 53.8 Å². The maximum Gasteiger partial charge on any atom is 0.339 e. The summed E-state index contributed by atoms with van der Waals surface area (Å²) in [4.78, 5) is 59.8. The second-order valence-electron chi connectivity index (χ2n) is 12.0. The van der Waals surface area contributed by atoms with Crippen molar-refractivity contribution in [3.63, 3.8) is 0 Å². The highest BCUT2D eigenvalue weighted by atomic mass is 16.5. The minimum absolute atomic E-state index is 0.117. The summed E-state index contributed by atoms with van der Waals surface area (Å²) in [5, 5.41) is 0.624. The number of Topliss-reactive ketones (excluding diaryl/α,β-unsaturated/α-hetero) is 1. The third-order valence-corrected chi connectivity index (χ3v) is 9.39. The van der Waals surface area contributed by atoms with Gasteiger partial charge in [-0.05, 0) is 55.9 Å². The number of imide groups is 1. The van der Waals surface area contributed by atoms with E-state index in [0.29, 0.717) is 46.3 Å². The zero-order valence-corrected chi connectivity index (χ0v) is 24.6. The second-order valence-corrected chi connectivity index (χ2v) is 12.0. The van der Waals surface area contributed by atoms with Gasteiger partial charge in [-0.1, -0.05) is 85.7 Å². The van der Waals surface area contributed by atoms with Gasteiger partial charge < -0.3 is 4.74 Å². The number of carbonyl (C=O) groups excluding carboxylic acids is 4. The minimum atomic E-state index is -0.909. The summed E-state index contributed by atoms with van der Waals surface area (Å²) in [6, 6.07) is 25.0. The number of esters is 1. The molecule has 2 aliphatic carbocycles. The van der Waals surface area contributed by atoms with Crippen LogP contribution in [0, 0.1) is 23.7 Å². The van der Waals surface area contributed by atoms with Crippen molar-refractivity contribution in [2.24, 2.45) is 23.7 Å². The summed E-state index contributed by atoms with van der Waals surface area (Å²) in [5.74, 6) is -1.30. The minimum Gasteiger partial charge on any atom is -0.450 e. The lowest BCUT2D eigenvalue weighted by molar-refractivity contribution is -0.123. The summed E-state index contributed by atoms with van der Waals surface area (Å²) in [6.45, 7) is 4.00. The number of benzene rings is 3. The lowest BCUT2D eigenvalue weighted by Gasteiger charge is -2.19. The summed E-state index contributed by atoms with van der Waals surface area (Å²) in [5.41, 5.74) is 4.44. The van der Waals surface area contributed by atoms with E-state index in [2.05, 4.69) is 13.0 Å². The summed E-state index contributed by atoms with van der Waals surface area (Å²) >= 11 is 0. The Morgan fingerprint density at radius 3 is 2.39 bits per heavy atom. The summed E-state index contributed by atoms with van der Waals surface area (Å²) in [6.07, 6.45) is 3.23. The second kappa shape index (κ2) is 11.0. The Morgan fingerprint density at radius 1 is 0.932 bits per heavy atom. The van der Waals surface area contributed by atoms with Gasteiger partial charge in [0.05, 0.1) is 34.3 Å². The van der Waals surface area contributed by atoms with Crippen molar-refractivity contribution in [3.05, 3.63) is 108 Å². The van der Waals surface area contributed by atoms with Gasteiger partial charge in [-0.15, -0.1) is 0 Å². The van der Waals surface area contributed by atoms with Gasteiger partial charge in [0.2, 0.25) is 17.6 Å². The normalized spacial score (nSPS) is 22.7. The molecule has 44 heavy (non-hydrogen) atoms. The van der Waals surface area contributed by atoms with Gasteiger partial charge >= 0.3 is 5.97 Å². The number of carbonyl (C=O) groups is 4. The molecule has 5 unspecified atom stereocenters. The van der Waals surface area contributed by atoms with Gasteiger partial charge in [0, 0.05) is 16.5 Å². The molecule has 220 valence electrons. The largest absolute Gasteiger partial charge is 0.450 e. The maximum atomic E-state index is 13.7. The van der Waals surface area contributed by atoms with Crippen molar-refractivity contribution in [1.29, 1.82) is 0 Å². The number of hydrogen-bond acceptors (Lipinski definition) is 6. The molecule has 3 aliphatic rings. The van der Waals surface area contributed by atoms with Crippen molar-refractivity contribution < 1.29 is 23.9 Å². The van der Waals surface area contributed by atoms with Gasteiger partial charge in [0.25, 0.3) is 0 Å². The number of nitrogens with zero attached hydrogens (tertiary/aromatic N) is 2. The molecular weight excluding hydrogens is 552 g/mol. The topological polar surface area (TPSA) is 93.6 Å². The van der Waals surface area contributed by atoms with E-state index < -0.39 is 12.1 Å². The first-order chi connectivity index (χ1) is 21.4. The number of allylic oxidation sites excluding steroid dienone is 2. The SMILES string of the molecule is CCCC(OC(=O)c1cc(-c2ccc(N3C(=O)C4C5C=C(C)C(C5)C4C3=O)cc2)nc2ccccc12)C(=O)c1ccccc1. The van der Waals surface area contributed by atoms with Crippen molar-refractivity contribution in [1.82, 2.24) is 4.98 Å². The Bertz CT molecular complexity index is 1850. The van der Waals surface area contributed by atoms with Crippen LogP contribution in [0.4, 0.5) is 5.69 Å². The van der Waals surface area contributed by atoms with E-state index in [4.69, 9.17) is 9.72 Å².